The maximum absolute atomic E-state index is 5.99. The van der Waals surface area contributed by atoms with Gasteiger partial charge in [-0.3, -0.25) is 4.98 Å². The van der Waals surface area contributed by atoms with Crippen molar-refractivity contribution in [3.05, 3.63) is 53.7 Å². The van der Waals surface area contributed by atoms with Gasteiger partial charge in [0.05, 0.1) is 0 Å². The van der Waals surface area contributed by atoms with Crippen LogP contribution in [0.4, 0.5) is 0 Å². The fraction of sp³-hybridized carbons (Fsp3) is 0. The molecule has 2 aromatic carbocycles. The minimum Gasteiger partial charge on any atom is -0.454 e. The number of benzene rings is 2. The average molecular weight is 254 g/mol. The van der Waals surface area contributed by atoms with Gasteiger partial charge in [0.25, 0.3) is 0 Å². The Bertz CT molecular complexity index is 895. The van der Waals surface area contributed by atoms with Gasteiger partial charge in [0, 0.05) is 27.4 Å². The quantitative estimate of drug-likeness (QED) is 0.450. The largest absolute Gasteiger partial charge is 0.454 e. The first kappa shape index (κ1) is 9.92. The van der Waals surface area contributed by atoms with Crippen LogP contribution in [0.2, 0.25) is 5.02 Å². The van der Waals surface area contributed by atoms with Gasteiger partial charge >= 0.3 is 0 Å². The van der Waals surface area contributed by atoms with Crippen molar-refractivity contribution in [2.24, 2.45) is 0 Å². The fourth-order valence-corrected chi connectivity index (χ4v) is 2.50. The van der Waals surface area contributed by atoms with Crippen molar-refractivity contribution in [1.82, 2.24) is 4.98 Å². The number of hydrogen-bond donors (Lipinski definition) is 0. The molecule has 86 valence electrons. The summed E-state index contributed by atoms with van der Waals surface area (Å²) in [5, 5.41) is 3.79. The Kier molecular flexibility index (Phi) is 1.91. The van der Waals surface area contributed by atoms with E-state index >= 15 is 0 Å². The molecule has 4 aromatic rings. The maximum atomic E-state index is 5.99. The highest BCUT2D eigenvalue weighted by Crippen LogP contribution is 2.32. The molecule has 0 amide bonds. The number of fused-ring (bicyclic) bond motifs is 5. The minimum absolute atomic E-state index is 0.708. The number of aromatic nitrogens is 1. The van der Waals surface area contributed by atoms with E-state index in [1.54, 1.807) is 0 Å². The zero-order chi connectivity index (χ0) is 12.1. The summed E-state index contributed by atoms with van der Waals surface area (Å²) in [6, 6.07) is 13.7. The van der Waals surface area contributed by atoms with Gasteiger partial charge in [0.15, 0.2) is 5.58 Å². The summed E-state index contributed by atoms with van der Waals surface area (Å²) in [7, 11) is 0. The molecule has 0 atom stereocenters. The lowest BCUT2D eigenvalue weighted by atomic mass is 10.1. The van der Waals surface area contributed by atoms with Crippen LogP contribution in [0, 0.1) is 0 Å². The third-order valence-corrected chi connectivity index (χ3v) is 3.40. The van der Waals surface area contributed by atoms with Gasteiger partial charge < -0.3 is 4.42 Å². The third kappa shape index (κ3) is 1.27. The molecule has 0 aliphatic carbocycles. The third-order valence-electron chi connectivity index (χ3n) is 3.16. The molecule has 0 unspecified atom stereocenters. The topological polar surface area (TPSA) is 26.0 Å². The fourth-order valence-electron chi connectivity index (χ4n) is 2.32. The van der Waals surface area contributed by atoms with Crippen LogP contribution in [-0.2, 0) is 0 Å². The number of halogens is 1. The number of hydrogen-bond acceptors (Lipinski definition) is 2. The molecule has 0 fully saturated rings. The van der Waals surface area contributed by atoms with Gasteiger partial charge in [-0.25, -0.2) is 0 Å². The Labute approximate surface area is 108 Å². The van der Waals surface area contributed by atoms with Crippen molar-refractivity contribution in [2.75, 3.05) is 0 Å². The number of furan rings is 1. The average Bonchev–Trinajstić information content (AvgIpc) is 2.77. The highest BCUT2D eigenvalue weighted by Gasteiger charge is 2.10. The zero-order valence-electron chi connectivity index (χ0n) is 9.35. The Morgan fingerprint density at radius 1 is 1.00 bits per heavy atom. The molecule has 0 saturated carbocycles. The van der Waals surface area contributed by atoms with Crippen LogP contribution in [0.15, 0.2) is 53.1 Å². The molecule has 2 aromatic heterocycles. The van der Waals surface area contributed by atoms with Crippen molar-refractivity contribution in [1.29, 1.82) is 0 Å². The van der Waals surface area contributed by atoms with Crippen LogP contribution in [-0.4, -0.2) is 4.98 Å². The summed E-state index contributed by atoms with van der Waals surface area (Å²) < 4.78 is 5.90. The number of nitrogens with zero attached hydrogens (tertiary/aromatic N) is 1. The van der Waals surface area contributed by atoms with Gasteiger partial charge in [-0.15, -0.1) is 0 Å². The Balaban J connectivity index is 2.28. The summed E-state index contributed by atoms with van der Waals surface area (Å²) in [5.41, 5.74) is 2.59. The Morgan fingerprint density at radius 3 is 2.83 bits per heavy atom. The second-order valence-corrected chi connectivity index (χ2v) is 4.70. The number of rotatable bonds is 0. The predicted molar refractivity (Wildman–Crippen MR) is 74.0 cm³/mol. The molecule has 4 rings (SSSR count). The van der Waals surface area contributed by atoms with E-state index in [1.807, 2.05) is 48.7 Å². The lowest BCUT2D eigenvalue weighted by molar-refractivity contribution is 0.672. The number of para-hydroxylation sites is 1. The molecule has 18 heavy (non-hydrogen) atoms. The zero-order valence-corrected chi connectivity index (χ0v) is 10.1. The molecular weight excluding hydrogens is 246 g/mol. The van der Waals surface area contributed by atoms with E-state index in [0.717, 1.165) is 32.8 Å². The van der Waals surface area contributed by atoms with Gasteiger partial charge in [-0.2, -0.15) is 0 Å². The van der Waals surface area contributed by atoms with Crippen LogP contribution in [0.25, 0.3) is 32.8 Å². The second-order valence-electron chi connectivity index (χ2n) is 4.27. The lowest BCUT2D eigenvalue weighted by Crippen LogP contribution is -1.78. The van der Waals surface area contributed by atoms with Gasteiger partial charge in [0.1, 0.15) is 11.1 Å². The van der Waals surface area contributed by atoms with Crippen LogP contribution < -0.4 is 0 Å². The van der Waals surface area contributed by atoms with Crippen LogP contribution >= 0.6 is 11.6 Å². The Hall–Kier alpha value is -2.06. The van der Waals surface area contributed by atoms with E-state index in [0.29, 0.717) is 5.02 Å². The first-order chi connectivity index (χ1) is 8.83. The summed E-state index contributed by atoms with van der Waals surface area (Å²) in [6.45, 7) is 0. The van der Waals surface area contributed by atoms with Crippen molar-refractivity contribution < 1.29 is 4.42 Å². The van der Waals surface area contributed by atoms with Crippen molar-refractivity contribution >= 4 is 44.4 Å². The van der Waals surface area contributed by atoms with Crippen molar-refractivity contribution in [2.45, 2.75) is 0 Å². The Morgan fingerprint density at radius 2 is 1.89 bits per heavy atom. The molecule has 0 saturated heterocycles. The first-order valence-electron chi connectivity index (χ1n) is 5.68. The van der Waals surface area contributed by atoms with Crippen molar-refractivity contribution in [3.63, 3.8) is 0 Å². The molecule has 0 bridgehead atoms. The molecular formula is C15H8ClNO. The van der Waals surface area contributed by atoms with Crippen LogP contribution in [0.3, 0.4) is 0 Å². The van der Waals surface area contributed by atoms with Crippen LogP contribution in [0.5, 0.6) is 0 Å². The molecule has 0 radical (unpaired) electrons. The van der Waals surface area contributed by atoms with Gasteiger partial charge in [-0.05, 0) is 30.3 Å². The summed E-state index contributed by atoms with van der Waals surface area (Å²) in [6.07, 6.45) is 1.84. The maximum Gasteiger partial charge on any atom is 0.161 e. The molecule has 2 heterocycles. The van der Waals surface area contributed by atoms with E-state index < -0.39 is 0 Å². The predicted octanol–water partition coefficient (Wildman–Crippen LogP) is 4.79. The van der Waals surface area contributed by atoms with E-state index in [-0.39, 0.29) is 0 Å². The van der Waals surface area contributed by atoms with E-state index in [1.165, 1.54) is 0 Å². The van der Waals surface area contributed by atoms with E-state index in [9.17, 15) is 0 Å². The summed E-state index contributed by atoms with van der Waals surface area (Å²) >= 11 is 5.99. The van der Waals surface area contributed by atoms with Gasteiger partial charge in [0.2, 0.25) is 0 Å². The van der Waals surface area contributed by atoms with Crippen molar-refractivity contribution in [3.8, 4) is 0 Å². The SMILES string of the molecule is Clc1ccc2c(cnc3c4ccccc4oc23)c1. The van der Waals surface area contributed by atoms with E-state index in [2.05, 4.69) is 4.98 Å². The molecule has 3 heteroatoms. The minimum atomic E-state index is 0.708. The highest BCUT2D eigenvalue weighted by molar-refractivity contribution is 6.31. The molecule has 0 aliphatic heterocycles. The van der Waals surface area contributed by atoms with E-state index in [4.69, 9.17) is 16.0 Å². The number of pyridine rings is 1. The second kappa shape index (κ2) is 3.47. The summed E-state index contributed by atoms with van der Waals surface area (Å²) in [4.78, 5) is 4.49. The van der Waals surface area contributed by atoms with Crippen LogP contribution in [0.1, 0.15) is 0 Å². The lowest BCUT2D eigenvalue weighted by Gasteiger charge is -1.98. The standard InChI is InChI=1S/C15H8ClNO/c16-10-5-6-11-9(7-10)8-17-14-12-3-1-2-4-13(12)18-15(11)14/h1-8H. The molecule has 0 N–H and O–H groups in total. The summed E-state index contributed by atoms with van der Waals surface area (Å²) in [5.74, 6) is 0. The molecule has 0 aliphatic rings. The molecule has 0 spiro atoms. The molecule has 2 nitrogen and oxygen atoms in total. The smallest absolute Gasteiger partial charge is 0.161 e. The normalized spacial score (nSPS) is 11.6. The highest BCUT2D eigenvalue weighted by atomic mass is 35.5. The van der Waals surface area contributed by atoms with Gasteiger partial charge in [-0.1, -0.05) is 23.7 Å². The first-order valence-corrected chi connectivity index (χ1v) is 6.06. The monoisotopic (exact) mass is 253 g/mol.